The number of nitrogens with zero attached hydrogens (tertiary/aromatic N) is 7. The summed E-state index contributed by atoms with van der Waals surface area (Å²) in [6.45, 7) is 0.717. The molecule has 4 aromatic heterocycles. The van der Waals surface area contributed by atoms with Gasteiger partial charge < -0.3 is 20.7 Å². The predicted octanol–water partition coefficient (Wildman–Crippen LogP) is 4.60. The molecule has 18 heteroatoms. The smallest absolute Gasteiger partial charge is 0.264 e. The van der Waals surface area contributed by atoms with Gasteiger partial charge in [0.05, 0.1) is 58.1 Å². The minimum atomic E-state index is -1.03. The molecule has 5 amide bonds. The Labute approximate surface area is 359 Å². The third kappa shape index (κ3) is 6.75. The van der Waals surface area contributed by atoms with Gasteiger partial charge in [-0.25, -0.2) is 4.52 Å². The number of ether oxygens (including phenoxy) is 1. The van der Waals surface area contributed by atoms with E-state index in [-0.39, 0.29) is 52.9 Å². The lowest BCUT2D eigenvalue weighted by Crippen LogP contribution is -2.59. The zero-order chi connectivity index (χ0) is 42.8. The summed E-state index contributed by atoms with van der Waals surface area (Å²) in [5.41, 5.74) is 5.25. The molecule has 2 aliphatic heterocycles. The van der Waals surface area contributed by atoms with Crippen molar-refractivity contribution in [1.29, 1.82) is 5.26 Å². The summed E-state index contributed by atoms with van der Waals surface area (Å²) in [6, 6.07) is 13.7. The maximum Gasteiger partial charge on any atom is 0.264 e. The largest absolute Gasteiger partial charge is 0.387 e. The molecular weight excluding hydrogens is 811 g/mol. The number of anilines is 2. The van der Waals surface area contributed by atoms with Crippen LogP contribution in [0.25, 0.3) is 27.5 Å². The van der Waals surface area contributed by atoms with Crippen molar-refractivity contribution in [1.82, 2.24) is 40.3 Å². The van der Waals surface area contributed by atoms with Crippen LogP contribution in [0.5, 0.6) is 0 Å². The lowest BCUT2D eigenvalue weighted by molar-refractivity contribution is -0.138. The number of amides is 5. The molecule has 316 valence electrons. The summed E-state index contributed by atoms with van der Waals surface area (Å²) in [7, 11) is 1.87. The van der Waals surface area contributed by atoms with Crippen molar-refractivity contribution in [3.05, 3.63) is 76.6 Å². The number of hydrogen-bond donors (Lipinski definition) is 4. The molecule has 1 aromatic carbocycles. The molecule has 11 rings (SSSR count). The van der Waals surface area contributed by atoms with E-state index < -0.39 is 29.7 Å². The van der Waals surface area contributed by atoms with Crippen molar-refractivity contribution in [2.24, 2.45) is 5.92 Å². The van der Waals surface area contributed by atoms with E-state index in [2.05, 4.69) is 37.5 Å². The van der Waals surface area contributed by atoms with E-state index in [0.717, 1.165) is 81.6 Å². The first-order valence-electron chi connectivity index (χ1n) is 21.0. The second-order valence-electron chi connectivity index (χ2n) is 17.0. The highest BCUT2D eigenvalue weighted by molar-refractivity contribution is 7.14. The number of aromatic nitrogens is 5. The Hall–Kier alpha value is -6.58. The van der Waals surface area contributed by atoms with Crippen LogP contribution in [0, 0.1) is 17.2 Å². The molecule has 62 heavy (non-hydrogen) atoms. The van der Waals surface area contributed by atoms with Gasteiger partial charge in [0, 0.05) is 54.5 Å². The molecule has 4 saturated carbocycles. The lowest BCUT2D eigenvalue weighted by Gasteiger charge is -2.53. The number of nitriles is 1. The molecule has 6 heterocycles. The van der Waals surface area contributed by atoms with Crippen LogP contribution in [-0.2, 0) is 24.5 Å². The van der Waals surface area contributed by atoms with Crippen molar-refractivity contribution in [2.45, 2.75) is 87.3 Å². The van der Waals surface area contributed by atoms with Gasteiger partial charge in [-0.2, -0.15) is 10.4 Å². The average Bonchev–Trinajstić information content (AvgIpc) is 4.00. The highest BCUT2D eigenvalue weighted by atomic mass is 32.1. The van der Waals surface area contributed by atoms with Crippen LogP contribution in [0.2, 0.25) is 0 Å². The van der Waals surface area contributed by atoms with E-state index in [9.17, 15) is 29.2 Å². The summed E-state index contributed by atoms with van der Waals surface area (Å²) in [5, 5.41) is 37.1. The second-order valence-corrected chi connectivity index (χ2v) is 18.0. The van der Waals surface area contributed by atoms with Gasteiger partial charge in [0.25, 0.3) is 11.8 Å². The van der Waals surface area contributed by atoms with Crippen LogP contribution in [0.1, 0.15) is 95.5 Å². The molecule has 6 aliphatic rings. The maximum absolute atomic E-state index is 13.5. The minimum absolute atomic E-state index is 0.0471. The first kappa shape index (κ1) is 39.5. The number of carbonyl (C=O) groups excluding carboxylic acids is 5. The summed E-state index contributed by atoms with van der Waals surface area (Å²) in [5.74, 6) is -2.20. The van der Waals surface area contributed by atoms with Crippen molar-refractivity contribution in [3.63, 3.8) is 0 Å². The number of nitrogens with one attached hydrogen (secondary N) is 4. The average molecular weight is 854 g/mol. The van der Waals surface area contributed by atoms with Crippen molar-refractivity contribution in [2.75, 3.05) is 30.8 Å². The van der Waals surface area contributed by atoms with Gasteiger partial charge in [0.1, 0.15) is 17.1 Å². The molecule has 1 atom stereocenters. The molecule has 4 aliphatic carbocycles. The monoisotopic (exact) mass is 853 g/mol. The van der Waals surface area contributed by atoms with Crippen LogP contribution in [0.3, 0.4) is 0 Å². The summed E-state index contributed by atoms with van der Waals surface area (Å²) in [4.78, 5) is 69.9. The molecular formula is C44H43N11O6S. The number of pyridine rings is 1. The number of fused-ring (bicyclic) bond motifs is 5. The molecule has 1 saturated heterocycles. The van der Waals surface area contributed by atoms with E-state index >= 15 is 0 Å². The summed E-state index contributed by atoms with van der Waals surface area (Å²) in [6.07, 6.45) is 10.2. The van der Waals surface area contributed by atoms with Gasteiger partial charge in [-0.15, -0.1) is 10.2 Å². The van der Waals surface area contributed by atoms with Gasteiger partial charge in [0.15, 0.2) is 5.01 Å². The molecule has 5 fully saturated rings. The Morgan fingerprint density at radius 3 is 2.55 bits per heavy atom. The fraction of sp³-hybridized carbons (Fsp3) is 0.409. The Bertz CT molecular complexity index is 2710. The van der Waals surface area contributed by atoms with Gasteiger partial charge in [-0.1, -0.05) is 17.4 Å². The van der Waals surface area contributed by atoms with Gasteiger partial charge in [0.2, 0.25) is 17.7 Å². The Balaban J connectivity index is 0.699. The minimum Gasteiger partial charge on any atom is -0.387 e. The topological polar surface area (TPSA) is 226 Å². The van der Waals surface area contributed by atoms with Crippen LogP contribution in [0.4, 0.5) is 11.4 Å². The number of rotatable bonds is 12. The first-order valence-corrected chi connectivity index (χ1v) is 21.8. The van der Waals surface area contributed by atoms with Gasteiger partial charge in [-0.05, 0) is 94.2 Å². The van der Waals surface area contributed by atoms with E-state index in [0.29, 0.717) is 37.2 Å². The standard InChI is InChI=1S/C44H43N11O6S/c1-46-31-20-32(33-6-5-26-17-24(21-45)22-49-55(26)33)48-23-29(31)39-52-53-42(62-39)43-9-12-44(13-10-43,14-11-43)51-37(57)25-18-27(19-25)61-16-15-47-30-4-2-3-28-36(30)41(60)54(40(28)59)34-7-8-35(56)50-38(34)58/h2-6,17,20,22-23,25,27,34,47H,7-16,18-19H2,1H3,(H,46,48)(H,51,57)(H,50,56,58)/t25-,27+,34?,43?,44?. The predicted molar refractivity (Wildman–Crippen MR) is 226 cm³/mol. The number of carbonyl (C=O) groups is 5. The van der Waals surface area contributed by atoms with Gasteiger partial charge >= 0.3 is 0 Å². The number of benzene rings is 1. The molecule has 1 unspecified atom stereocenters. The molecule has 0 spiro atoms. The van der Waals surface area contributed by atoms with Crippen molar-refractivity contribution < 1.29 is 28.7 Å². The summed E-state index contributed by atoms with van der Waals surface area (Å²) >= 11 is 1.62. The highest BCUT2D eigenvalue weighted by Crippen LogP contribution is 2.55. The molecule has 17 nitrogen and oxygen atoms in total. The molecule has 2 bridgehead atoms. The van der Waals surface area contributed by atoms with Crippen molar-refractivity contribution >= 4 is 57.8 Å². The van der Waals surface area contributed by atoms with E-state index in [1.165, 1.54) is 0 Å². The van der Waals surface area contributed by atoms with Gasteiger partial charge in [-0.3, -0.25) is 39.2 Å². The first-order chi connectivity index (χ1) is 30.1. The molecule has 5 aromatic rings. The summed E-state index contributed by atoms with van der Waals surface area (Å²) < 4.78 is 7.85. The maximum atomic E-state index is 13.5. The van der Waals surface area contributed by atoms with E-state index in [1.54, 1.807) is 46.3 Å². The normalized spacial score (nSPS) is 25.3. The fourth-order valence-electron chi connectivity index (χ4n) is 9.82. The number of imide groups is 2. The second kappa shape index (κ2) is 15.4. The van der Waals surface area contributed by atoms with Crippen LogP contribution < -0.4 is 21.3 Å². The Kier molecular flexibility index (Phi) is 9.82. The molecule has 4 N–H and O–H groups in total. The zero-order valence-electron chi connectivity index (χ0n) is 33.9. The van der Waals surface area contributed by atoms with E-state index in [4.69, 9.17) is 14.8 Å². The third-order valence-electron chi connectivity index (χ3n) is 13.5. The van der Waals surface area contributed by atoms with Crippen LogP contribution in [0.15, 0.2) is 54.9 Å². The highest BCUT2D eigenvalue weighted by Gasteiger charge is 2.53. The quantitative estimate of drug-likeness (QED) is 0.0996. The zero-order valence-corrected chi connectivity index (χ0v) is 34.7. The molecule has 0 radical (unpaired) electrons. The fourth-order valence-corrected chi connectivity index (χ4v) is 11.0. The third-order valence-corrected chi connectivity index (χ3v) is 14.7. The SMILES string of the molecule is CNc1cc(-c2ccc3cc(C#N)cnn23)ncc1-c1nnc(C23CCC(NC(=O)[C@H]4C[C@@H](OCCNc5cccc6c5C(=O)N(C5CCC(=O)NC5=O)C6=O)C4)(CC2)CC3)s1. The Morgan fingerprint density at radius 1 is 0.984 bits per heavy atom. The van der Waals surface area contributed by atoms with E-state index in [1.807, 2.05) is 31.4 Å². The number of piperidine rings is 1. The van der Waals surface area contributed by atoms with Crippen LogP contribution in [-0.4, -0.2) is 97.1 Å². The van der Waals surface area contributed by atoms with Crippen molar-refractivity contribution in [3.8, 4) is 28.0 Å². The Morgan fingerprint density at radius 2 is 1.79 bits per heavy atom. The number of hydrogen-bond acceptors (Lipinski definition) is 14. The lowest BCUT2D eigenvalue weighted by atomic mass is 9.57. The van der Waals surface area contributed by atoms with Crippen LogP contribution >= 0.6 is 11.3 Å².